The van der Waals surface area contributed by atoms with Gasteiger partial charge < -0.3 is 30.2 Å². The third kappa shape index (κ3) is 5.24. The minimum Gasteiger partial charge on any atom is -0.530 e. The number of rotatable bonds is 6. The maximum atomic E-state index is 13.3. The lowest BCUT2D eigenvalue weighted by atomic mass is 10.1. The highest BCUT2D eigenvalue weighted by atomic mass is 19.4. The Labute approximate surface area is 226 Å². The zero-order valence-corrected chi connectivity index (χ0v) is 21.2. The van der Waals surface area contributed by atoms with Crippen LogP contribution in [0, 0.1) is 0 Å². The molecule has 2 aromatic heterocycles. The first kappa shape index (κ1) is 25.9. The second-order valence-electron chi connectivity index (χ2n) is 10.0. The summed E-state index contributed by atoms with van der Waals surface area (Å²) in [4.78, 5) is 24.2. The van der Waals surface area contributed by atoms with E-state index in [2.05, 4.69) is 10.1 Å². The monoisotopic (exact) mass is 552 g/mol. The number of hydrogen-bond donors (Lipinski definition) is 1. The van der Waals surface area contributed by atoms with Gasteiger partial charge in [0, 0.05) is 36.6 Å². The number of hydrogen-bond acceptors (Lipinski definition) is 8. The third-order valence-corrected chi connectivity index (χ3v) is 7.10. The number of nitrogens with two attached hydrogens (primary N) is 1. The third-order valence-electron chi connectivity index (χ3n) is 7.10. The van der Waals surface area contributed by atoms with E-state index in [0.29, 0.717) is 46.8 Å². The van der Waals surface area contributed by atoms with Gasteiger partial charge in [0.2, 0.25) is 0 Å². The minimum absolute atomic E-state index is 0.0231. The van der Waals surface area contributed by atoms with E-state index >= 15 is 0 Å². The normalized spacial score (nSPS) is 18.8. The molecule has 2 aliphatic rings. The number of aromatic nitrogens is 4. The molecule has 4 aromatic rings. The van der Waals surface area contributed by atoms with Crippen molar-refractivity contribution >= 4 is 34.3 Å². The van der Waals surface area contributed by atoms with Gasteiger partial charge in [0.1, 0.15) is 18.5 Å². The second-order valence-corrected chi connectivity index (χ2v) is 10.0. The number of nitrogens with zero attached hydrogens (tertiary/aromatic N) is 6. The van der Waals surface area contributed by atoms with Gasteiger partial charge in [-0.05, 0) is 54.8 Å². The molecule has 1 amide bonds. The molecule has 2 N–H and O–H groups in total. The molecule has 0 saturated carbocycles. The fraction of sp³-hybridized carbons (Fsp3) is 0.333. The molecule has 2 fully saturated rings. The summed E-state index contributed by atoms with van der Waals surface area (Å²) < 4.78 is 46.7. The first-order chi connectivity index (χ1) is 19.1. The molecule has 2 aliphatic heterocycles. The van der Waals surface area contributed by atoms with E-state index in [1.165, 1.54) is 6.20 Å². The van der Waals surface area contributed by atoms with Crippen LogP contribution >= 0.6 is 0 Å². The molecule has 2 saturated heterocycles. The van der Waals surface area contributed by atoms with Crippen molar-refractivity contribution in [2.45, 2.75) is 44.3 Å². The molecule has 13 heteroatoms. The number of halogens is 3. The van der Waals surface area contributed by atoms with Crippen LogP contribution in [0.3, 0.4) is 0 Å². The van der Waals surface area contributed by atoms with Crippen LogP contribution in [0.5, 0.6) is 0 Å². The predicted octanol–water partition coefficient (Wildman–Crippen LogP) is 3.36. The van der Waals surface area contributed by atoms with Gasteiger partial charge in [-0.25, -0.2) is 14.6 Å². The Morgan fingerprint density at radius 1 is 1.10 bits per heavy atom. The number of benzene rings is 2. The largest absolute Gasteiger partial charge is 0.530 e. The molecular formula is C27H25F3N7O3-. The van der Waals surface area contributed by atoms with E-state index in [0.717, 1.165) is 22.4 Å². The Kier molecular flexibility index (Phi) is 6.45. The summed E-state index contributed by atoms with van der Waals surface area (Å²) in [7, 11) is 0. The number of fused-ring (bicyclic) bond motifs is 3. The quantitative estimate of drug-likeness (QED) is 0.361. The van der Waals surface area contributed by atoms with Crippen molar-refractivity contribution in [3.63, 3.8) is 0 Å². The maximum Gasteiger partial charge on any atom is 0.408 e. The zero-order chi connectivity index (χ0) is 28.0. The summed E-state index contributed by atoms with van der Waals surface area (Å²) in [6.07, 6.45) is -2.60. The van der Waals surface area contributed by atoms with Gasteiger partial charge >= 0.3 is 6.18 Å². The highest BCUT2D eigenvalue weighted by molar-refractivity contribution is 5.89. The van der Waals surface area contributed by atoms with Crippen molar-refractivity contribution < 1.29 is 27.8 Å². The molecule has 208 valence electrons. The van der Waals surface area contributed by atoms with Crippen LogP contribution in [0.15, 0.2) is 54.7 Å². The first-order valence-electron chi connectivity index (χ1n) is 12.8. The molecule has 2 aromatic carbocycles. The van der Waals surface area contributed by atoms with E-state index in [-0.39, 0.29) is 30.2 Å². The van der Waals surface area contributed by atoms with Gasteiger partial charge in [0.05, 0.1) is 23.8 Å². The fourth-order valence-electron chi connectivity index (χ4n) is 5.31. The summed E-state index contributed by atoms with van der Waals surface area (Å²) in [5.41, 5.74) is 7.93. The number of morpholine rings is 1. The van der Waals surface area contributed by atoms with E-state index in [4.69, 9.17) is 15.5 Å². The Hall–Kier alpha value is -4.39. The van der Waals surface area contributed by atoms with Gasteiger partial charge in [-0.3, -0.25) is 0 Å². The van der Waals surface area contributed by atoms with Gasteiger partial charge in [0.15, 0.2) is 11.5 Å². The molecule has 6 rings (SSSR count). The standard InChI is InChI=1S/C27H26F3N7O3/c28-27(29,30)15-37-25-22(11-32-37)24(35-13-20-8-9-21(14-35)40-20)33-23(34-25)17-4-6-19(7-5-17)36(26(38)39)12-16-2-1-3-18(31)10-16/h1-7,10-11,20-21H,8-9,12-15,31H2,(H,38,39)/p-1. The highest BCUT2D eigenvalue weighted by Crippen LogP contribution is 2.34. The Balaban J connectivity index is 1.37. The Bertz CT molecular complexity index is 1550. The van der Waals surface area contributed by atoms with E-state index in [1.54, 1.807) is 48.5 Å². The number of anilines is 3. The smallest absolute Gasteiger partial charge is 0.408 e. The average molecular weight is 553 g/mol. The van der Waals surface area contributed by atoms with Crippen LogP contribution in [-0.4, -0.2) is 57.3 Å². The first-order valence-corrected chi connectivity index (χ1v) is 12.8. The number of amides is 1. The Morgan fingerprint density at radius 2 is 1.82 bits per heavy atom. The van der Waals surface area contributed by atoms with E-state index < -0.39 is 18.8 Å². The second kappa shape index (κ2) is 9.97. The number of nitrogen functional groups attached to an aromatic ring is 1. The summed E-state index contributed by atoms with van der Waals surface area (Å²) >= 11 is 0. The summed E-state index contributed by atoms with van der Waals surface area (Å²) in [5, 5.41) is 16.3. The van der Waals surface area contributed by atoms with Crippen LogP contribution in [0.4, 0.5) is 35.2 Å². The molecular weight excluding hydrogens is 527 g/mol. The van der Waals surface area contributed by atoms with Crippen LogP contribution in [0.1, 0.15) is 18.4 Å². The van der Waals surface area contributed by atoms with Crippen molar-refractivity contribution in [1.82, 2.24) is 19.7 Å². The molecule has 2 bridgehead atoms. The predicted molar refractivity (Wildman–Crippen MR) is 139 cm³/mol. The van der Waals surface area contributed by atoms with Crippen LogP contribution < -0.4 is 20.6 Å². The SMILES string of the molecule is Nc1cccc(CN(C(=O)[O-])c2ccc(-c3nc(N4CC5CCC(C4)O5)c4cnn(CC(F)(F)F)c4n3)cc2)c1. The maximum absolute atomic E-state index is 13.3. The summed E-state index contributed by atoms with van der Waals surface area (Å²) in [6.45, 7) is -0.133. The zero-order valence-electron chi connectivity index (χ0n) is 21.2. The lowest BCUT2D eigenvalue weighted by molar-refractivity contribution is -0.246. The molecule has 10 nitrogen and oxygen atoms in total. The number of carboxylic acid groups (broad SMARTS) is 1. The number of carbonyl (C=O) groups is 1. The van der Waals surface area contributed by atoms with Crippen molar-refractivity contribution in [3.8, 4) is 11.4 Å². The summed E-state index contributed by atoms with van der Waals surface area (Å²) in [6, 6.07) is 13.3. The molecule has 2 unspecified atom stereocenters. The van der Waals surface area contributed by atoms with Gasteiger partial charge in [-0.1, -0.05) is 12.1 Å². The van der Waals surface area contributed by atoms with Gasteiger partial charge in [0.25, 0.3) is 0 Å². The molecule has 0 spiro atoms. The molecule has 40 heavy (non-hydrogen) atoms. The summed E-state index contributed by atoms with van der Waals surface area (Å²) in [5.74, 6) is 0.698. The lowest BCUT2D eigenvalue weighted by Gasteiger charge is -2.33. The van der Waals surface area contributed by atoms with Gasteiger partial charge in [-0.15, -0.1) is 0 Å². The molecule has 0 radical (unpaired) electrons. The highest BCUT2D eigenvalue weighted by Gasteiger charge is 2.36. The van der Waals surface area contributed by atoms with E-state index in [9.17, 15) is 23.1 Å². The number of alkyl halides is 3. The lowest BCUT2D eigenvalue weighted by Crippen LogP contribution is -2.43. The Morgan fingerprint density at radius 3 is 2.48 bits per heavy atom. The number of ether oxygens (including phenoxy) is 1. The van der Waals surface area contributed by atoms with Crippen molar-refractivity contribution in [1.29, 1.82) is 0 Å². The topological polar surface area (TPSA) is 125 Å². The van der Waals surface area contributed by atoms with Crippen molar-refractivity contribution in [2.75, 3.05) is 28.6 Å². The number of carbonyl (C=O) groups excluding carboxylic acids is 1. The van der Waals surface area contributed by atoms with Gasteiger partial charge in [-0.2, -0.15) is 18.3 Å². The fourth-order valence-corrected chi connectivity index (χ4v) is 5.31. The molecule has 2 atom stereocenters. The van der Waals surface area contributed by atoms with Crippen LogP contribution in [0.25, 0.3) is 22.4 Å². The van der Waals surface area contributed by atoms with Crippen molar-refractivity contribution in [3.05, 3.63) is 60.3 Å². The van der Waals surface area contributed by atoms with Crippen LogP contribution in [-0.2, 0) is 17.8 Å². The van der Waals surface area contributed by atoms with Crippen LogP contribution in [0.2, 0.25) is 0 Å². The average Bonchev–Trinajstić information content (AvgIpc) is 3.47. The van der Waals surface area contributed by atoms with E-state index in [1.807, 2.05) is 4.90 Å². The minimum atomic E-state index is -4.48. The molecule has 4 heterocycles. The molecule has 0 aliphatic carbocycles. The van der Waals surface area contributed by atoms with Crippen molar-refractivity contribution in [2.24, 2.45) is 0 Å².